The van der Waals surface area contributed by atoms with Gasteiger partial charge in [0.2, 0.25) is 11.7 Å². The summed E-state index contributed by atoms with van der Waals surface area (Å²) in [4.78, 5) is 6.36. The first-order valence-electron chi connectivity index (χ1n) is 8.59. The van der Waals surface area contributed by atoms with Crippen LogP contribution in [-0.4, -0.2) is 28.5 Å². The Morgan fingerprint density at radius 1 is 1.07 bits per heavy atom. The van der Waals surface area contributed by atoms with Crippen LogP contribution in [-0.2, 0) is 0 Å². The summed E-state index contributed by atoms with van der Waals surface area (Å²) in [6.07, 6.45) is -4.13. The third-order valence-corrected chi connectivity index (χ3v) is 4.92. The van der Waals surface area contributed by atoms with Crippen molar-refractivity contribution in [1.29, 1.82) is 0 Å². The van der Waals surface area contributed by atoms with Crippen LogP contribution in [0.25, 0.3) is 11.4 Å². The second-order valence-corrected chi connectivity index (χ2v) is 7.04. The van der Waals surface area contributed by atoms with Gasteiger partial charge in [-0.05, 0) is 48.5 Å². The van der Waals surface area contributed by atoms with Gasteiger partial charge in [0.1, 0.15) is 11.6 Å². The summed E-state index contributed by atoms with van der Waals surface area (Å²) >= 11 is 0. The van der Waals surface area contributed by atoms with Crippen LogP contribution in [0, 0.1) is 5.82 Å². The van der Waals surface area contributed by atoms with Gasteiger partial charge in [-0.15, -0.1) is 13.2 Å². The SMILES string of the molecule is Fc1ccc(N2CC(c3nc(-c4ccc(OC(F)(F)F)cc4)no3)CC2=P)cc1. The number of ether oxygens (including phenoxy) is 1. The highest BCUT2D eigenvalue weighted by Gasteiger charge is 2.32. The molecular formula is C19H14F4N3O2P. The number of benzene rings is 2. The quantitative estimate of drug-likeness (QED) is 0.435. The van der Waals surface area contributed by atoms with Crippen molar-refractivity contribution in [2.75, 3.05) is 11.4 Å². The zero-order valence-electron chi connectivity index (χ0n) is 14.8. The van der Waals surface area contributed by atoms with Crippen LogP contribution in [0.3, 0.4) is 0 Å². The van der Waals surface area contributed by atoms with Gasteiger partial charge >= 0.3 is 6.36 Å². The molecule has 4 rings (SSSR count). The molecule has 1 fully saturated rings. The van der Waals surface area contributed by atoms with Crippen LogP contribution in [0.2, 0.25) is 0 Å². The van der Waals surface area contributed by atoms with Crippen LogP contribution in [0.5, 0.6) is 5.75 Å². The van der Waals surface area contributed by atoms with E-state index in [-0.39, 0.29) is 23.3 Å². The topological polar surface area (TPSA) is 51.4 Å². The molecule has 2 heterocycles. The van der Waals surface area contributed by atoms with Crippen molar-refractivity contribution in [3.63, 3.8) is 0 Å². The minimum atomic E-state index is -4.75. The fraction of sp³-hybridized carbons (Fsp3) is 0.211. The van der Waals surface area contributed by atoms with E-state index in [0.29, 0.717) is 24.4 Å². The zero-order chi connectivity index (χ0) is 20.6. The van der Waals surface area contributed by atoms with E-state index in [1.165, 1.54) is 36.4 Å². The van der Waals surface area contributed by atoms with Crippen molar-refractivity contribution >= 4 is 20.0 Å². The average Bonchev–Trinajstić information content (AvgIpc) is 3.29. The number of rotatable bonds is 4. The number of aromatic nitrogens is 2. The van der Waals surface area contributed by atoms with Gasteiger partial charge in [-0.1, -0.05) is 14.0 Å². The highest BCUT2D eigenvalue weighted by Crippen LogP contribution is 2.33. The molecule has 1 atom stereocenters. The molecule has 0 saturated carbocycles. The van der Waals surface area contributed by atoms with Gasteiger partial charge in [0.05, 0.1) is 5.92 Å². The van der Waals surface area contributed by atoms with Gasteiger partial charge in [0.15, 0.2) is 0 Å². The number of alkyl halides is 3. The highest BCUT2D eigenvalue weighted by atomic mass is 31.0. The maximum absolute atomic E-state index is 13.1. The molecule has 0 N–H and O–H groups in total. The largest absolute Gasteiger partial charge is 0.573 e. The van der Waals surface area contributed by atoms with Crippen molar-refractivity contribution in [2.45, 2.75) is 18.7 Å². The molecule has 2 aromatic carbocycles. The first-order chi connectivity index (χ1) is 13.8. The maximum atomic E-state index is 13.1. The predicted octanol–water partition coefficient (Wildman–Crippen LogP) is 5.04. The van der Waals surface area contributed by atoms with Crippen LogP contribution >= 0.6 is 8.86 Å². The zero-order valence-corrected chi connectivity index (χ0v) is 15.8. The highest BCUT2D eigenvalue weighted by molar-refractivity contribution is 7.21. The van der Waals surface area contributed by atoms with Gasteiger partial charge in [-0.3, -0.25) is 0 Å². The Bertz CT molecular complexity index is 1020. The van der Waals surface area contributed by atoms with E-state index in [4.69, 9.17) is 4.52 Å². The molecule has 10 heteroatoms. The number of halogens is 4. The standard InChI is InChI=1S/C19H14F4N3O2P/c20-13-3-5-14(6-4-13)26-10-12(9-16(26)29)18-24-17(25-28-18)11-1-7-15(8-2-11)27-19(21,22)23/h1-8,12,29H,9-10H2. The lowest BCUT2D eigenvalue weighted by atomic mass is 10.1. The van der Waals surface area contributed by atoms with Crippen molar-refractivity contribution in [3.05, 3.63) is 60.2 Å². The van der Waals surface area contributed by atoms with Gasteiger partial charge in [0.25, 0.3) is 0 Å². The third-order valence-electron chi connectivity index (χ3n) is 4.44. The first-order valence-corrected chi connectivity index (χ1v) is 9.09. The van der Waals surface area contributed by atoms with E-state index in [9.17, 15) is 17.6 Å². The minimum Gasteiger partial charge on any atom is -0.406 e. The van der Waals surface area contributed by atoms with E-state index >= 15 is 0 Å². The van der Waals surface area contributed by atoms with Gasteiger partial charge in [-0.2, -0.15) is 4.98 Å². The van der Waals surface area contributed by atoms with E-state index in [0.717, 1.165) is 11.1 Å². The minimum absolute atomic E-state index is 0.0818. The Balaban J connectivity index is 1.48. The number of nitrogens with zero attached hydrogens (tertiary/aromatic N) is 3. The molecule has 0 bridgehead atoms. The fourth-order valence-electron chi connectivity index (χ4n) is 3.11. The summed E-state index contributed by atoms with van der Waals surface area (Å²) < 4.78 is 59.1. The predicted molar refractivity (Wildman–Crippen MR) is 101 cm³/mol. The van der Waals surface area contributed by atoms with Crippen molar-refractivity contribution in [1.82, 2.24) is 10.1 Å². The second-order valence-electron chi connectivity index (χ2n) is 6.46. The van der Waals surface area contributed by atoms with Gasteiger partial charge < -0.3 is 14.2 Å². The third kappa shape index (κ3) is 4.40. The van der Waals surface area contributed by atoms with E-state index in [2.05, 4.69) is 23.7 Å². The lowest BCUT2D eigenvalue weighted by Gasteiger charge is -2.18. The molecular weight excluding hydrogens is 409 g/mol. The van der Waals surface area contributed by atoms with E-state index < -0.39 is 6.36 Å². The van der Waals surface area contributed by atoms with Crippen molar-refractivity contribution in [3.8, 4) is 17.1 Å². The Morgan fingerprint density at radius 2 is 1.76 bits per heavy atom. The lowest BCUT2D eigenvalue weighted by Crippen LogP contribution is -2.22. The molecule has 3 aromatic rings. The Labute approximate surface area is 165 Å². The normalized spacial score (nSPS) is 17.0. The smallest absolute Gasteiger partial charge is 0.406 e. The van der Waals surface area contributed by atoms with Gasteiger partial charge in [-0.25, -0.2) is 4.39 Å². The van der Waals surface area contributed by atoms with Crippen LogP contribution in [0.1, 0.15) is 18.2 Å². The van der Waals surface area contributed by atoms with E-state index in [1.807, 2.05) is 4.90 Å². The van der Waals surface area contributed by atoms with Crippen LogP contribution in [0.15, 0.2) is 53.1 Å². The molecule has 1 saturated heterocycles. The van der Waals surface area contributed by atoms with Crippen LogP contribution in [0.4, 0.5) is 23.2 Å². The maximum Gasteiger partial charge on any atom is 0.573 e. The summed E-state index contributed by atoms with van der Waals surface area (Å²) in [6, 6.07) is 11.4. The van der Waals surface area contributed by atoms with Crippen LogP contribution < -0.4 is 9.64 Å². The Kier molecular flexibility index (Phi) is 5.00. The fourth-order valence-corrected chi connectivity index (χ4v) is 3.58. The Hall–Kier alpha value is -2.93. The van der Waals surface area contributed by atoms with Gasteiger partial charge in [0, 0.05) is 29.6 Å². The molecule has 29 heavy (non-hydrogen) atoms. The van der Waals surface area contributed by atoms with Crippen molar-refractivity contribution in [2.24, 2.45) is 0 Å². The van der Waals surface area contributed by atoms with Crippen molar-refractivity contribution < 1.29 is 26.8 Å². The molecule has 1 aliphatic rings. The first kappa shape index (κ1) is 19.4. The summed E-state index contributed by atoms with van der Waals surface area (Å²) in [5.74, 6) is -0.0332. The van der Waals surface area contributed by atoms with E-state index in [1.54, 1.807) is 12.1 Å². The average molecular weight is 423 g/mol. The summed E-state index contributed by atoms with van der Waals surface area (Å²) in [5.41, 5.74) is 2.24. The molecule has 1 aliphatic heterocycles. The molecule has 5 nitrogen and oxygen atoms in total. The monoisotopic (exact) mass is 423 g/mol. The lowest BCUT2D eigenvalue weighted by molar-refractivity contribution is -0.274. The second kappa shape index (κ2) is 7.48. The summed E-state index contributed by atoms with van der Waals surface area (Å²) in [5, 5.41) is 3.93. The molecule has 150 valence electrons. The number of hydrogen-bond acceptors (Lipinski definition) is 4. The number of anilines is 1. The molecule has 0 aliphatic carbocycles. The summed E-state index contributed by atoms with van der Waals surface area (Å²) in [7, 11) is 3.59. The molecule has 1 aromatic heterocycles. The molecule has 0 amide bonds. The molecule has 0 spiro atoms. The molecule has 1 unspecified atom stereocenters. The summed E-state index contributed by atoms with van der Waals surface area (Å²) in [6.45, 7) is 0.560. The number of hydrogen-bond donors (Lipinski definition) is 0. The molecule has 0 radical (unpaired) electrons. The Morgan fingerprint density at radius 3 is 2.41 bits per heavy atom.